The summed E-state index contributed by atoms with van der Waals surface area (Å²) in [5.74, 6) is 0.0357. The van der Waals surface area contributed by atoms with Gasteiger partial charge in [-0.25, -0.2) is 0 Å². The summed E-state index contributed by atoms with van der Waals surface area (Å²) >= 11 is 0. The van der Waals surface area contributed by atoms with E-state index in [4.69, 9.17) is 0 Å². The number of hydrogen-bond donors (Lipinski definition) is 2. The fraction of sp³-hybridized carbons (Fsp3) is 0.462. The third kappa shape index (κ3) is 1.47. The van der Waals surface area contributed by atoms with Crippen LogP contribution in [0.15, 0.2) is 17.8 Å². The van der Waals surface area contributed by atoms with E-state index < -0.39 is 0 Å². The second kappa shape index (κ2) is 3.81. The predicted molar refractivity (Wildman–Crippen MR) is 63.1 cm³/mol. The fourth-order valence-electron chi connectivity index (χ4n) is 2.80. The van der Waals surface area contributed by atoms with E-state index >= 15 is 0 Å². The molecule has 3 nitrogen and oxygen atoms in total. The summed E-state index contributed by atoms with van der Waals surface area (Å²) in [4.78, 5) is 14.8. The van der Waals surface area contributed by atoms with Crippen molar-refractivity contribution in [1.82, 2.24) is 10.3 Å². The van der Waals surface area contributed by atoms with Crippen molar-refractivity contribution >= 4 is 11.5 Å². The van der Waals surface area contributed by atoms with Gasteiger partial charge in [-0.15, -0.1) is 0 Å². The van der Waals surface area contributed by atoms with E-state index in [2.05, 4.69) is 10.3 Å². The van der Waals surface area contributed by atoms with Crippen LogP contribution in [-0.4, -0.2) is 17.4 Å². The molecule has 1 aromatic rings. The molecule has 84 valence electrons. The number of rotatable bonds is 0. The first-order chi connectivity index (χ1) is 7.86. The van der Waals surface area contributed by atoms with E-state index in [-0.39, 0.29) is 5.91 Å². The molecule has 2 aliphatic rings. The van der Waals surface area contributed by atoms with Crippen LogP contribution in [0.25, 0.3) is 5.57 Å². The molecule has 3 heteroatoms. The smallest absolute Gasteiger partial charge is 0.268 e. The number of aromatic amines is 1. The van der Waals surface area contributed by atoms with Gasteiger partial charge in [-0.3, -0.25) is 4.79 Å². The minimum absolute atomic E-state index is 0.0357. The maximum atomic E-state index is 11.8. The molecule has 0 unspecified atom stereocenters. The Hall–Kier alpha value is -1.51. The number of nitrogens with one attached hydrogen (secondary N) is 2. The van der Waals surface area contributed by atoms with Crippen LogP contribution in [0, 0.1) is 0 Å². The SMILES string of the molecule is O=C1NCCC(=C2CCCC2)c2cc[nH]c21. The van der Waals surface area contributed by atoms with Gasteiger partial charge < -0.3 is 10.3 Å². The second-order valence-corrected chi connectivity index (χ2v) is 4.56. The van der Waals surface area contributed by atoms with Gasteiger partial charge in [0.1, 0.15) is 5.69 Å². The Morgan fingerprint density at radius 3 is 2.75 bits per heavy atom. The lowest BCUT2D eigenvalue weighted by molar-refractivity contribution is 0.0952. The molecule has 1 amide bonds. The highest BCUT2D eigenvalue weighted by Gasteiger charge is 2.22. The first-order valence-electron chi connectivity index (χ1n) is 6.03. The van der Waals surface area contributed by atoms with Gasteiger partial charge in [-0.05, 0) is 43.7 Å². The highest BCUT2D eigenvalue weighted by atomic mass is 16.1. The lowest BCUT2D eigenvalue weighted by Gasteiger charge is -2.07. The number of allylic oxidation sites excluding steroid dienone is 1. The van der Waals surface area contributed by atoms with E-state index in [9.17, 15) is 4.79 Å². The third-order valence-electron chi connectivity index (χ3n) is 3.59. The fourth-order valence-corrected chi connectivity index (χ4v) is 2.80. The summed E-state index contributed by atoms with van der Waals surface area (Å²) in [5.41, 5.74) is 4.85. The van der Waals surface area contributed by atoms with Crippen LogP contribution < -0.4 is 5.32 Å². The van der Waals surface area contributed by atoms with Crippen molar-refractivity contribution in [3.05, 3.63) is 29.1 Å². The Labute approximate surface area is 94.9 Å². The van der Waals surface area contributed by atoms with Gasteiger partial charge >= 0.3 is 0 Å². The lowest BCUT2D eigenvalue weighted by atomic mass is 9.97. The van der Waals surface area contributed by atoms with Crippen molar-refractivity contribution in [3.63, 3.8) is 0 Å². The average molecular weight is 216 g/mol. The molecule has 1 aliphatic heterocycles. The normalized spacial score (nSPS) is 20.6. The number of H-pyrrole nitrogens is 1. The molecule has 0 atom stereocenters. The molecule has 2 N–H and O–H groups in total. The largest absolute Gasteiger partial charge is 0.357 e. The van der Waals surface area contributed by atoms with E-state index in [1.807, 2.05) is 12.3 Å². The molecule has 1 aliphatic carbocycles. The van der Waals surface area contributed by atoms with Crippen molar-refractivity contribution in [2.75, 3.05) is 6.54 Å². The Kier molecular flexibility index (Phi) is 2.31. The van der Waals surface area contributed by atoms with E-state index in [1.165, 1.54) is 31.3 Å². The molecule has 1 fully saturated rings. The van der Waals surface area contributed by atoms with Crippen LogP contribution >= 0.6 is 0 Å². The first kappa shape index (κ1) is 9.70. The van der Waals surface area contributed by atoms with Gasteiger partial charge in [0, 0.05) is 18.3 Å². The molecule has 1 saturated carbocycles. The lowest BCUT2D eigenvalue weighted by Crippen LogP contribution is -2.22. The Balaban J connectivity index is 2.11. The molecular formula is C13H16N2O. The van der Waals surface area contributed by atoms with E-state index in [0.717, 1.165) is 24.2 Å². The van der Waals surface area contributed by atoms with Crippen LogP contribution in [0.3, 0.4) is 0 Å². The zero-order valence-electron chi connectivity index (χ0n) is 9.31. The number of fused-ring (bicyclic) bond motifs is 1. The summed E-state index contributed by atoms with van der Waals surface area (Å²) in [6, 6.07) is 2.04. The summed E-state index contributed by atoms with van der Waals surface area (Å²) in [7, 11) is 0. The standard InChI is InChI=1S/C13H16N2O/c16-13-12-11(6-7-14-12)10(5-8-15-13)9-3-1-2-4-9/h6-7,14H,1-5,8H2,(H,15,16). The third-order valence-corrected chi connectivity index (χ3v) is 3.59. The number of aromatic nitrogens is 1. The van der Waals surface area contributed by atoms with Crippen molar-refractivity contribution in [1.29, 1.82) is 0 Å². The monoisotopic (exact) mass is 216 g/mol. The number of amides is 1. The summed E-state index contributed by atoms with van der Waals surface area (Å²) in [5, 5.41) is 2.94. The molecule has 2 heterocycles. The summed E-state index contributed by atoms with van der Waals surface area (Å²) < 4.78 is 0. The first-order valence-corrected chi connectivity index (χ1v) is 6.03. The van der Waals surface area contributed by atoms with E-state index in [1.54, 1.807) is 5.57 Å². The molecule has 0 saturated heterocycles. The quantitative estimate of drug-likeness (QED) is 0.687. The van der Waals surface area contributed by atoms with Crippen LogP contribution in [0.1, 0.15) is 48.2 Å². The molecule has 0 radical (unpaired) electrons. The van der Waals surface area contributed by atoms with Crippen LogP contribution in [-0.2, 0) is 0 Å². The highest BCUT2D eigenvalue weighted by molar-refractivity contribution is 5.99. The van der Waals surface area contributed by atoms with Crippen LogP contribution in [0.2, 0.25) is 0 Å². The Bertz CT molecular complexity index is 448. The zero-order valence-corrected chi connectivity index (χ0v) is 9.31. The Morgan fingerprint density at radius 2 is 1.94 bits per heavy atom. The number of hydrogen-bond acceptors (Lipinski definition) is 1. The van der Waals surface area contributed by atoms with Crippen molar-refractivity contribution in [2.24, 2.45) is 0 Å². The molecule has 0 spiro atoms. The van der Waals surface area contributed by atoms with Crippen molar-refractivity contribution < 1.29 is 4.79 Å². The van der Waals surface area contributed by atoms with Gasteiger partial charge in [0.05, 0.1) is 0 Å². The zero-order chi connectivity index (χ0) is 11.0. The predicted octanol–water partition coefficient (Wildman–Crippen LogP) is 2.48. The van der Waals surface area contributed by atoms with Crippen LogP contribution in [0.4, 0.5) is 0 Å². The Morgan fingerprint density at radius 1 is 1.12 bits per heavy atom. The van der Waals surface area contributed by atoms with Crippen LogP contribution in [0.5, 0.6) is 0 Å². The molecule has 1 aromatic heterocycles. The molecule has 3 rings (SSSR count). The van der Waals surface area contributed by atoms with Crippen molar-refractivity contribution in [2.45, 2.75) is 32.1 Å². The summed E-state index contributed by atoms with van der Waals surface area (Å²) in [6.07, 6.45) is 7.89. The van der Waals surface area contributed by atoms with Crippen molar-refractivity contribution in [3.8, 4) is 0 Å². The van der Waals surface area contributed by atoms with Gasteiger partial charge in [0.15, 0.2) is 0 Å². The van der Waals surface area contributed by atoms with Gasteiger partial charge in [0.25, 0.3) is 5.91 Å². The van der Waals surface area contributed by atoms with Gasteiger partial charge in [-0.2, -0.15) is 0 Å². The second-order valence-electron chi connectivity index (χ2n) is 4.56. The van der Waals surface area contributed by atoms with Gasteiger partial charge in [0.2, 0.25) is 0 Å². The number of carbonyl (C=O) groups is 1. The maximum Gasteiger partial charge on any atom is 0.268 e. The minimum Gasteiger partial charge on any atom is -0.357 e. The topological polar surface area (TPSA) is 44.9 Å². The molecule has 16 heavy (non-hydrogen) atoms. The summed E-state index contributed by atoms with van der Waals surface area (Å²) in [6.45, 7) is 0.764. The maximum absolute atomic E-state index is 11.8. The molecular weight excluding hydrogens is 200 g/mol. The molecule has 0 bridgehead atoms. The highest BCUT2D eigenvalue weighted by Crippen LogP contribution is 2.35. The van der Waals surface area contributed by atoms with E-state index in [0.29, 0.717) is 0 Å². The molecule has 0 aromatic carbocycles. The minimum atomic E-state index is 0.0357. The number of carbonyl (C=O) groups excluding carboxylic acids is 1. The average Bonchev–Trinajstić information content (AvgIpc) is 2.93. The van der Waals surface area contributed by atoms with Gasteiger partial charge in [-0.1, -0.05) is 5.57 Å².